The number of nitrogens with zero attached hydrogens (tertiary/aromatic N) is 2. The fraction of sp³-hybridized carbons (Fsp3) is 0.588. The molecule has 1 amide bonds. The number of amides is 1. The number of hydrogen-bond donors (Lipinski definition) is 0. The Balaban J connectivity index is 1.74. The maximum absolute atomic E-state index is 12.9. The second-order valence-electron chi connectivity index (χ2n) is 6.49. The highest BCUT2D eigenvalue weighted by Gasteiger charge is 2.35. The van der Waals surface area contributed by atoms with Crippen molar-refractivity contribution in [1.29, 1.82) is 0 Å². The third-order valence-corrected chi connectivity index (χ3v) is 6.59. The highest BCUT2D eigenvalue weighted by Crippen LogP contribution is 2.31. The molecule has 0 spiro atoms. The summed E-state index contributed by atoms with van der Waals surface area (Å²) >= 11 is 0. The molecule has 1 aromatic rings. The van der Waals surface area contributed by atoms with Gasteiger partial charge in [-0.1, -0.05) is 0 Å². The molecule has 0 N–H and O–H groups in total. The van der Waals surface area contributed by atoms with Gasteiger partial charge in [-0.25, -0.2) is 8.42 Å². The van der Waals surface area contributed by atoms with Gasteiger partial charge in [0.05, 0.1) is 12.0 Å². The Hall–Kier alpha value is -1.60. The van der Waals surface area contributed by atoms with Crippen molar-refractivity contribution in [3.63, 3.8) is 0 Å². The molecular formula is C17H24N2O4S. The SMILES string of the molecule is COc1ccc(S(=O)(=O)N2CCCN(C(=O)C3CC3)CC2)cc1C. The zero-order valence-electron chi connectivity index (χ0n) is 14.2. The van der Waals surface area contributed by atoms with E-state index in [-0.39, 0.29) is 16.7 Å². The van der Waals surface area contributed by atoms with Crippen LogP contribution in [0.15, 0.2) is 23.1 Å². The van der Waals surface area contributed by atoms with Gasteiger partial charge in [0.25, 0.3) is 0 Å². The smallest absolute Gasteiger partial charge is 0.243 e. The predicted octanol–water partition coefficient (Wildman–Crippen LogP) is 1.64. The van der Waals surface area contributed by atoms with Crippen molar-refractivity contribution in [2.24, 2.45) is 5.92 Å². The molecule has 1 aromatic carbocycles. The van der Waals surface area contributed by atoms with Crippen LogP contribution in [0.5, 0.6) is 5.75 Å². The van der Waals surface area contributed by atoms with Crippen LogP contribution in [-0.2, 0) is 14.8 Å². The molecule has 0 bridgehead atoms. The van der Waals surface area contributed by atoms with Crippen LogP contribution in [0.25, 0.3) is 0 Å². The minimum Gasteiger partial charge on any atom is -0.496 e. The van der Waals surface area contributed by atoms with Crippen LogP contribution in [0.4, 0.5) is 0 Å². The Bertz CT molecular complexity index is 728. The van der Waals surface area contributed by atoms with Crippen LogP contribution in [0.1, 0.15) is 24.8 Å². The number of carbonyl (C=O) groups is 1. The van der Waals surface area contributed by atoms with Gasteiger partial charge in [0.2, 0.25) is 15.9 Å². The van der Waals surface area contributed by atoms with Crippen LogP contribution in [0.2, 0.25) is 0 Å². The van der Waals surface area contributed by atoms with Crippen molar-refractivity contribution in [2.75, 3.05) is 33.3 Å². The predicted molar refractivity (Wildman–Crippen MR) is 90.4 cm³/mol. The first kappa shape index (κ1) is 17.2. The van der Waals surface area contributed by atoms with Crippen molar-refractivity contribution in [2.45, 2.75) is 31.1 Å². The van der Waals surface area contributed by atoms with Crippen LogP contribution in [0.3, 0.4) is 0 Å². The quantitative estimate of drug-likeness (QED) is 0.826. The molecule has 2 fully saturated rings. The van der Waals surface area contributed by atoms with Gasteiger partial charge in [0.1, 0.15) is 5.75 Å². The molecule has 0 atom stereocenters. The van der Waals surface area contributed by atoms with Gasteiger partial charge < -0.3 is 9.64 Å². The second-order valence-corrected chi connectivity index (χ2v) is 8.43. The number of methoxy groups -OCH3 is 1. The van der Waals surface area contributed by atoms with E-state index in [4.69, 9.17) is 4.74 Å². The summed E-state index contributed by atoms with van der Waals surface area (Å²) in [7, 11) is -1.98. The molecule has 1 heterocycles. The molecule has 1 aliphatic heterocycles. The second kappa shape index (κ2) is 6.72. The van der Waals surface area contributed by atoms with Crippen LogP contribution < -0.4 is 4.74 Å². The van der Waals surface area contributed by atoms with Gasteiger partial charge in [0.15, 0.2) is 0 Å². The molecule has 24 heavy (non-hydrogen) atoms. The summed E-state index contributed by atoms with van der Waals surface area (Å²) in [4.78, 5) is 14.3. The Morgan fingerprint density at radius 3 is 2.54 bits per heavy atom. The first-order chi connectivity index (χ1) is 11.4. The third kappa shape index (κ3) is 3.42. The Morgan fingerprint density at radius 2 is 1.92 bits per heavy atom. The minimum atomic E-state index is -3.55. The van der Waals surface area contributed by atoms with E-state index < -0.39 is 10.0 Å². The van der Waals surface area contributed by atoms with E-state index in [1.165, 1.54) is 4.31 Å². The Kier molecular flexibility index (Phi) is 4.83. The highest BCUT2D eigenvalue weighted by molar-refractivity contribution is 7.89. The Morgan fingerprint density at radius 1 is 1.17 bits per heavy atom. The number of carbonyl (C=O) groups excluding carboxylic acids is 1. The van der Waals surface area contributed by atoms with Gasteiger partial charge in [0, 0.05) is 32.1 Å². The molecular weight excluding hydrogens is 328 g/mol. The molecule has 7 heteroatoms. The largest absolute Gasteiger partial charge is 0.496 e. The molecule has 1 aliphatic carbocycles. The average Bonchev–Trinajstić information content (AvgIpc) is 3.40. The third-order valence-electron chi connectivity index (χ3n) is 4.70. The fourth-order valence-corrected chi connectivity index (χ4v) is 4.66. The molecule has 0 radical (unpaired) electrons. The van der Waals surface area contributed by atoms with Gasteiger partial charge in [-0.15, -0.1) is 0 Å². The summed E-state index contributed by atoms with van der Waals surface area (Å²) in [5.74, 6) is 1.04. The van der Waals surface area contributed by atoms with E-state index in [0.29, 0.717) is 38.3 Å². The van der Waals surface area contributed by atoms with Crippen molar-refractivity contribution in [3.8, 4) is 5.75 Å². The lowest BCUT2D eigenvalue weighted by Gasteiger charge is -2.22. The number of sulfonamides is 1. The van der Waals surface area contributed by atoms with Crippen molar-refractivity contribution in [1.82, 2.24) is 9.21 Å². The molecule has 6 nitrogen and oxygen atoms in total. The Labute approximate surface area is 143 Å². The number of hydrogen-bond acceptors (Lipinski definition) is 4. The lowest BCUT2D eigenvalue weighted by atomic mass is 10.2. The summed E-state index contributed by atoms with van der Waals surface area (Å²) in [5.41, 5.74) is 0.791. The van der Waals surface area contributed by atoms with E-state index >= 15 is 0 Å². The van der Waals surface area contributed by atoms with E-state index in [1.807, 2.05) is 11.8 Å². The summed E-state index contributed by atoms with van der Waals surface area (Å²) in [6.45, 7) is 3.75. The van der Waals surface area contributed by atoms with Crippen LogP contribution in [0, 0.1) is 12.8 Å². The molecule has 1 saturated carbocycles. The molecule has 2 aliphatic rings. The van der Waals surface area contributed by atoms with Gasteiger partial charge >= 0.3 is 0 Å². The van der Waals surface area contributed by atoms with Crippen molar-refractivity contribution >= 4 is 15.9 Å². The van der Waals surface area contributed by atoms with Crippen molar-refractivity contribution in [3.05, 3.63) is 23.8 Å². The van der Waals surface area contributed by atoms with Gasteiger partial charge in [-0.2, -0.15) is 4.31 Å². The number of benzene rings is 1. The van der Waals surface area contributed by atoms with Crippen LogP contribution >= 0.6 is 0 Å². The summed E-state index contributed by atoms with van der Waals surface area (Å²) in [5, 5.41) is 0. The number of aryl methyl sites for hydroxylation is 1. The van der Waals surface area contributed by atoms with E-state index in [2.05, 4.69) is 0 Å². The van der Waals surface area contributed by atoms with E-state index in [1.54, 1.807) is 25.3 Å². The topological polar surface area (TPSA) is 66.9 Å². The molecule has 132 valence electrons. The number of ether oxygens (including phenoxy) is 1. The summed E-state index contributed by atoms with van der Waals surface area (Å²) in [6, 6.07) is 4.91. The lowest BCUT2D eigenvalue weighted by Crippen LogP contribution is -2.37. The lowest BCUT2D eigenvalue weighted by molar-refractivity contribution is -0.132. The van der Waals surface area contributed by atoms with Crippen molar-refractivity contribution < 1.29 is 17.9 Å². The standard InChI is InChI=1S/C17H24N2O4S/c1-13-12-15(6-7-16(13)23-2)24(21,22)19-9-3-8-18(10-11-19)17(20)14-4-5-14/h6-7,12,14H,3-5,8-11H2,1-2H3. The maximum Gasteiger partial charge on any atom is 0.243 e. The fourth-order valence-electron chi connectivity index (χ4n) is 3.10. The number of rotatable bonds is 4. The van der Waals surface area contributed by atoms with Crippen LogP contribution in [-0.4, -0.2) is 56.8 Å². The monoisotopic (exact) mass is 352 g/mol. The summed E-state index contributed by atoms with van der Waals surface area (Å²) in [6.07, 6.45) is 2.62. The zero-order valence-corrected chi connectivity index (χ0v) is 15.0. The van der Waals surface area contributed by atoms with E-state index in [0.717, 1.165) is 18.4 Å². The molecule has 1 saturated heterocycles. The highest BCUT2D eigenvalue weighted by atomic mass is 32.2. The maximum atomic E-state index is 12.9. The molecule has 0 aromatic heterocycles. The zero-order chi connectivity index (χ0) is 17.3. The first-order valence-electron chi connectivity index (χ1n) is 8.37. The average molecular weight is 352 g/mol. The minimum absolute atomic E-state index is 0.178. The molecule has 0 unspecified atom stereocenters. The first-order valence-corrected chi connectivity index (χ1v) is 9.81. The summed E-state index contributed by atoms with van der Waals surface area (Å²) < 4.78 is 32.5. The molecule has 3 rings (SSSR count). The van der Waals surface area contributed by atoms with Gasteiger partial charge in [-0.05, 0) is 49.9 Å². The van der Waals surface area contributed by atoms with E-state index in [9.17, 15) is 13.2 Å². The normalized spacial score (nSPS) is 19.8. The van der Waals surface area contributed by atoms with Gasteiger partial charge in [-0.3, -0.25) is 4.79 Å².